The summed E-state index contributed by atoms with van der Waals surface area (Å²) in [6.45, 7) is 13.5. The molecule has 0 aromatic heterocycles. The van der Waals surface area contributed by atoms with Crippen molar-refractivity contribution in [1.29, 1.82) is 0 Å². The summed E-state index contributed by atoms with van der Waals surface area (Å²) >= 11 is 0. The number of nitrogens with zero attached hydrogens (tertiary/aromatic N) is 1. The molecule has 58 heavy (non-hydrogen) atoms. The third kappa shape index (κ3) is 14.2. The van der Waals surface area contributed by atoms with E-state index in [-0.39, 0.29) is 31.6 Å². The number of aliphatic hydroxyl groups excluding tert-OH is 2. The van der Waals surface area contributed by atoms with E-state index < -0.39 is 121 Å². The molecule has 16 atom stereocenters. The number of carbonyl (C=O) groups excluding carboxylic acids is 4. The van der Waals surface area contributed by atoms with Gasteiger partial charge in [-0.15, -0.1) is 0 Å². The monoisotopic (exact) mass is 827 g/mol. The van der Waals surface area contributed by atoms with Gasteiger partial charge < -0.3 is 62.9 Å². The lowest BCUT2D eigenvalue weighted by Gasteiger charge is -2.50. The van der Waals surface area contributed by atoms with E-state index >= 15 is 0 Å². The zero-order valence-electron chi connectivity index (χ0n) is 36.1. The summed E-state index contributed by atoms with van der Waals surface area (Å²) in [6.07, 6.45) is -4.11. The summed E-state index contributed by atoms with van der Waals surface area (Å²) in [5, 5.41) is 34.6. The van der Waals surface area contributed by atoms with Crippen LogP contribution < -0.4 is 0 Å². The maximum atomic E-state index is 13.2. The Hall–Kier alpha value is -2.80. The number of aliphatic hydroxyl groups is 3. The molecule has 3 heterocycles. The molecular weight excluding hydrogens is 758 g/mol. The maximum Gasteiger partial charge on any atom is 0.309 e. The lowest BCUT2D eigenvalue weighted by Crippen LogP contribution is -2.66. The standard InChI is InChI=1S/C42H69NO15/c1-23(2)19-32(47)56-40-27(6)53-34(22-42(40,8)50)57-37-26(5)54-41(36(49)35(37)43(9)10)58-38-29(17-18-44)20-24(3)30(46)16-14-12-13-15-25(4)52-33(48)21-31(39(38)51-11)55-28(7)45/h12-14,16,18,23-27,29-31,34-41,46,49-50H,15,17,19-22H2,1-11H3/b13-12-,16-14-/t24-,25-,26-,27+,29+,30+,31-,34-,35+,36-,37+,38+,39-,40-,41+,42+/m1/s1. The van der Waals surface area contributed by atoms with Crippen LogP contribution in [0.4, 0.5) is 0 Å². The Morgan fingerprint density at radius 1 is 1.02 bits per heavy atom. The summed E-state index contributed by atoms with van der Waals surface area (Å²) in [5.74, 6) is -2.82. The van der Waals surface area contributed by atoms with Crippen LogP contribution in [0.25, 0.3) is 0 Å². The Bertz CT molecular complexity index is 1390. The van der Waals surface area contributed by atoms with Crippen LogP contribution in [-0.4, -0.2) is 151 Å². The second-order valence-electron chi connectivity index (χ2n) is 17.0. The Kier molecular flexibility index (Phi) is 19.4. The minimum Gasteiger partial charge on any atom is -0.462 e. The number of hydrogen-bond donors (Lipinski definition) is 3. The average molecular weight is 828 g/mol. The molecule has 3 rings (SSSR count). The highest BCUT2D eigenvalue weighted by Gasteiger charge is 2.53. The molecule has 3 aliphatic rings. The Balaban J connectivity index is 1.98. The molecule has 0 amide bonds. The van der Waals surface area contributed by atoms with Crippen LogP contribution in [0.5, 0.6) is 0 Å². The number of cyclic esters (lactones) is 1. The van der Waals surface area contributed by atoms with Gasteiger partial charge in [0.05, 0.1) is 36.9 Å². The smallest absolute Gasteiger partial charge is 0.309 e. The predicted molar refractivity (Wildman–Crippen MR) is 210 cm³/mol. The first kappa shape index (κ1) is 49.6. The molecule has 0 aromatic rings. The molecule has 0 unspecified atom stereocenters. The first-order valence-corrected chi connectivity index (χ1v) is 20.4. The van der Waals surface area contributed by atoms with Crippen molar-refractivity contribution in [1.82, 2.24) is 4.90 Å². The fraction of sp³-hybridized carbons (Fsp3) is 0.810. The van der Waals surface area contributed by atoms with Crippen molar-refractivity contribution in [2.24, 2.45) is 17.8 Å². The zero-order valence-corrected chi connectivity index (χ0v) is 36.1. The lowest BCUT2D eigenvalue weighted by molar-refractivity contribution is -0.344. The fourth-order valence-corrected chi connectivity index (χ4v) is 8.08. The van der Waals surface area contributed by atoms with Crippen molar-refractivity contribution in [2.45, 2.75) is 179 Å². The van der Waals surface area contributed by atoms with Crippen molar-refractivity contribution in [2.75, 3.05) is 21.2 Å². The van der Waals surface area contributed by atoms with E-state index in [4.69, 9.17) is 37.9 Å². The van der Waals surface area contributed by atoms with Gasteiger partial charge in [-0.3, -0.25) is 14.4 Å². The van der Waals surface area contributed by atoms with E-state index in [1.807, 2.05) is 20.8 Å². The molecule has 0 aromatic carbocycles. The molecule has 3 aliphatic heterocycles. The summed E-state index contributed by atoms with van der Waals surface area (Å²) in [6, 6.07) is -0.782. The van der Waals surface area contributed by atoms with E-state index in [1.165, 1.54) is 14.0 Å². The zero-order chi connectivity index (χ0) is 43.5. The third-order valence-electron chi connectivity index (χ3n) is 10.9. The van der Waals surface area contributed by atoms with Gasteiger partial charge in [-0.1, -0.05) is 45.1 Å². The van der Waals surface area contributed by atoms with Gasteiger partial charge in [-0.25, -0.2) is 0 Å². The molecule has 2 fully saturated rings. The molecular formula is C42H69NO15. The first-order valence-electron chi connectivity index (χ1n) is 20.4. The number of carbonyl (C=O) groups is 4. The van der Waals surface area contributed by atoms with Crippen molar-refractivity contribution < 1.29 is 72.4 Å². The third-order valence-corrected chi connectivity index (χ3v) is 10.9. The number of methoxy groups -OCH3 is 1. The minimum absolute atomic E-state index is 0.0460. The molecule has 0 radical (unpaired) electrons. The fourth-order valence-electron chi connectivity index (χ4n) is 8.08. The number of rotatable bonds is 12. The van der Waals surface area contributed by atoms with E-state index in [2.05, 4.69) is 0 Å². The molecule has 3 N–H and O–H groups in total. The minimum atomic E-state index is -1.50. The molecule has 0 aliphatic carbocycles. The number of aldehydes is 1. The molecule has 16 heteroatoms. The van der Waals surface area contributed by atoms with Crippen LogP contribution in [0.15, 0.2) is 24.3 Å². The van der Waals surface area contributed by atoms with E-state index in [0.29, 0.717) is 12.7 Å². The Labute approximate surface area is 343 Å². The van der Waals surface area contributed by atoms with Crippen LogP contribution in [0.2, 0.25) is 0 Å². The number of hydrogen-bond acceptors (Lipinski definition) is 16. The summed E-state index contributed by atoms with van der Waals surface area (Å²) in [4.78, 5) is 52.3. The largest absolute Gasteiger partial charge is 0.462 e. The normalized spacial score (nSPS) is 40.7. The van der Waals surface area contributed by atoms with Crippen LogP contribution in [0, 0.1) is 17.8 Å². The predicted octanol–water partition coefficient (Wildman–Crippen LogP) is 3.01. The van der Waals surface area contributed by atoms with Crippen molar-refractivity contribution >= 4 is 24.2 Å². The highest BCUT2D eigenvalue weighted by Crippen LogP contribution is 2.38. The van der Waals surface area contributed by atoms with Crippen LogP contribution in [0.1, 0.15) is 93.9 Å². The molecule has 2 saturated heterocycles. The van der Waals surface area contributed by atoms with E-state index in [0.717, 1.165) is 0 Å². The van der Waals surface area contributed by atoms with Crippen LogP contribution in [-0.2, 0) is 57.1 Å². The van der Waals surface area contributed by atoms with Crippen molar-refractivity contribution in [3.05, 3.63) is 24.3 Å². The Morgan fingerprint density at radius 3 is 2.29 bits per heavy atom. The van der Waals surface area contributed by atoms with Gasteiger partial charge in [0.2, 0.25) is 0 Å². The van der Waals surface area contributed by atoms with Crippen molar-refractivity contribution in [3.8, 4) is 0 Å². The van der Waals surface area contributed by atoms with Gasteiger partial charge in [-0.05, 0) is 66.0 Å². The number of allylic oxidation sites excluding steroid dienone is 2. The SMILES string of the molecule is CO[C@H]1[C@@H](O[C@@H]2O[C@H](C)[C@H](O[C@@H]3C[C@](C)(O)[C@H](OC(=O)CC(C)C)[C@H](C)O3)[C@@H](N(C)C)[C@H]2O)[C@@H](CC=O)C[C@@H](C)[C@@H](O)/C=C\C=C/C[C@@H](C)OC(=O)C[C@H]1OC(C)=O. The van der Waals surface area contributed by atoms with E-state index in [1.54, 1.807) is 71.0 Å². The highest BCUT2D eigenvalue weighted by molar-refractivity contribution is 5.72. The second-order valence-corrected chi connectivity index (χ2v) is 17.0. The van der Waals surface area contributed by atoms with Gasteiger partial charge >= 0.3 is 17.9 Å². The second kappa shape index (κ2) is 22.7. The number of esters is 3. The first-order chi connectivity index (χ1) is 27.2. The summed E-state index contributed by atoms with van der Waals surface area (Å²) < 4.78 is 48.6. The molecule has 0 bridgehead atoms. The summed E-state index contributed by atoms with van der Waals surface area (Å²) in [5.41, 5.74) is -1.50. The summed E-state index contributed by atoms with van der Waals surface area (Å²) in [7, 11) is 4.86. The van der Waals surface area contributed by atoms with Gasteiger partial charge in [0.15, 0.2) is 18.7 Å². The highest BCUT2D eigenvalue weighted by atomic mass is 16.7. The average Bonchev–Trinajstić information content (AvgIpc) is 3.09. The van der Waals surface area contributed by atoms with Crippen LogP contribution in [0.3, 0.4) is 0 Å². The quantitative estimate of drug-likeness (QED) is 0.147. The van der Waals surface area contributed by atoms with Crippen molar-refractivity contribution in [3.63, 3.8) is 0 Å². The Morgan fingerprint density at radius 2 is 1.71 bits per heavy atom. The maximum absolute atomic E-state index is 13.2. The van der Waals surface area contributed by atoms with Gasteiger partial charge in [0, 0.05) is 39.7 Å². The molecule has 332 valence electrons. The molecule has 0 spiro atoms. The van der Waals surface area contributed by atoms with Gasteiger partial charge in [0.1, 0.15) is 42.4 Å². The number of likely N-dealkylation sites (N-methyl/N-ethyl adjacent to an activating group) is 1. The number of ether oxygens (including phenoxy) is 8. The molecule has 0 saturated carbocycles. The molecule has 16 nitrogen and oxygen atoms in total. The van der Waals surface area contributed by atoms with E-state index in [9.17, 15) is 34.5 Å². The van der Waals surface area contributed by atoms with Gasteiger partial charge in [-0.2, -0.15) is 0 Å². The van der Waals surface area contributed by atoms with Crippen LogP contribution >= 0.6 is 0 Å². The topological polar surface area (TPSA) is 206 Å². The lowest BCUT2D eigenvalue weighted by atomic mass is 9.82. The van der Waals surface area contributed by atoms with Gasteiger partial charge in [0.25, 0.3) is 0 Å².